The molecule has 0 bridgehead atoms. The summed E-state index contributed by atoms with van der Waals surface area (Å²) in [5, 5.41) is 6.56. The Morgan fingerprint density at radius 1 is 1.12 bits per heavy atom. The number of para-hydroxylation sites is 2. The van der Waals surface area contributed by atoms with Crippen molar-refractivity contribution in [2.75, 3.05) is 6.61 Å². The SMILES string of the molecule is O=C(c1ccsc1)c1ccc(CNC(=O)C2COc3ccccc3O2)s1. The quantitative estimate of drug-likeness (QED) is 0.683. The first-order valence-corrected chi connectivity index (χ1v) is 9.78. The summed E-state index contributed by atoms with van der Waals surface area (Å²) in [4.78, 5) is 26.2. The highest BCUT2D eigenvalue weighted by atomic mass is 32.1. The number of rotatable bonds is 5. The number of hydrogen-bond donors (Lipinski definition) is 1. The molecule has 0 saturated heterocycles. The Morgan fingerprint density at radius 3 is 2.77 bits per heavy atom. The van der Waals surface area contributed by atoms with Crippen molar-refractivity contribution in [2.24, 2.45) is 0 Å². The smallest absolute Gasteiger partial charge is 0.264 e. The lowest BCUT2D eigenvalue weighted by Gasteiger charge is -2.25. The molecule has 1 aromatic carbocycles. The zero-order valence-corrected chi connectivity index (χ0v) is 15.3. The zero-order chi connectivity index (χ0) is 17.9. The van der Waals surface area contributed by atoms with Gasteiger partial charge in [-0.2, -0.15) is 11.3 Å². The van der Waals surface area contributed by atoms with Crippen LogP contribution in [0.25, 0.3) is 0 Å². The van der Waals surface area contributed by atoms with E-state index in [-0.39, 0.29) is 18.3 Å². The number of carbonyl (C=O) groups excluding carboxylic acids is 2. The molecule has 2 aromatic heterocycles. The number of nitrogens with one attached hydrogen (secondary N) is 1. The molecule has 0 saturated carbocycles. The zero-order valence-electron chi connectivity index (χ0n) is 13.6. The summed E-state index contributed by atoms with van der Waals surface area (Å²) in [5.41, 5.74) is 0.693. The second-order valence-corrected chi connectivity index (χ2v) is 7.64. The topological polar surface area (TPSA) is 64.6 Å². The van der Waals surface area contributed by atoms with Gasteiger partial charge in [-0.3, -0.25) is 9.59 Å². The molecule has 1 amide bonds. The van der Waals surface area contributed by atoms with Gasteiger partial charge in [0, 0.05) is 15.8 Å². The highest BCUT2D eigenvalue weighted by Crippen LogP contribution is 2.31. The molecule has 5 nitrogen and oxygen atoms in total. The van der Waals surface area contributed by atoms with Gasteiger partial charge in [-0.15, -0.1) is 11.3 Å². The highest BCUT2D eigenvalue weighted by Gasteiger charge is 2.27. The second-order valence-electron chi connectivity index (χ2n) is 5.69. The van der Waals surface area contributed by atoms with Crippen LogP contribution in [0, 0.1) is 0 Å². The number of benzene rings is 1. The van der Waals surface area contributed by atoms with Gasteiger partial charge in [0.2, 0.25) is 11.9 Å². The maximum atomic E-state index is 12.3. The molecule has 1 aliphatic heterocycles. The number of fused-ring (bicyclic) bond motifs is 1. The van der Waals surface area contributed by atoms with Gasteiger partial charge in [0.1, 0.15) is 6.61 Å². The monoisotopic (exact) mass is 385 g/mol. The molecule has 0 radical (unpaired) electrons. The van der Waals surface area contributed by atoms with Gasteiger partial charge in [0.15, 0.2) is 11.5 Å². The number of thiophene rings is 2. The van der Waals surface area contributed by atoms with Gasteiger partial charge < -0.3 is 14.8 Å². The predicted molar refractivity (Wildman–Crippen MR) is 100 cm³/mol. The number of carbonyl (C=O) groups is 2. The average Bonchev–Trinajstić information content (AvgIpc) is 3.37. The Balaban J connectivity index is 1.35. The van der Waals surface area contributed by atoms with Gasteiger partial charge in [-0.1, -0.05) is 12.1 Å². The van der Waals surface area contributed by atoms with Crippen LogP contribution >= 0.6 is 22.7 Å². The fourth-order valence-corrected chi connectivity index (χ4v) is 4.11. The van der Waals surface area contributed by atoms with Gasteiger partial charge in [-0.25, -0.2) is 0 Å². The Kier molecular flexibility index (Phi) is 4.73. The molecule has 1 aliphatic rings. The molecule has 3 aromatic rings. The minimum absolute atomic E-state index is 0.00875. The Labute approximate surface area is 158 Å². The molecule has 1 unspecified atom stereocenters. The molecular weight excluding hydrogens is 370 g/mol. The van der Waals surface area contributed by atoms with E-state index < -0.39 is 6.10 Å². The van der Waals surface area contributed by atoms with Gasteiger partial charge >= 0.3 is 0 Å². The third kappa shape index (κ3) is 3.49. The van der Waals surface area contributed by atoms with Crippen molar-refractivity contribution in [3.63, 3.8) is 0 Å². The fourth-order valence-electron chi connectivity index (χ4n) is 2.57. The summed E-state index contributed by atoms with van der Waals surface area (Å²) >= 11 is 2.88. The molecule has 132 valence electrons. The van der Waals surface area contributed by atoms with Gasteiger partial charge in [-0.05, 0) is 35.7 Å². The fraction of sp³-hybridized carbons (Fsp3) is 0.158. The lowest BCUT2D eigenvalue weighted by Crippen LogP contribution is -2.43. The second kappa shape index (κ2) is 7.31. The molecule has 0 fully saturated rings. The Morgan fingerprint density at radius 2 is 1.96 bits per heavy atom. The van der Waals surface area contributed by atoms with Crippen LogP contribution in [0.4, 0.5) is 0 Å². The first-order chi connectivity index (χ1) is 12.7. The first-order valence-electron chi connectivity index (χ1n) is 8.02. The van der Waals surface area contributed by atoms with E-state index in [1.165, 1.54) is 22.7 Å². The standard InChI is InChI=1S/C19H15NO4S2/c21-18(12-7-8-25-11-12)17-6-5-13(26-17)9-20-19(22)16-10-23-14-3-1-2-4-15(14)24-16/h1-8,11,16H,9-10H2,(H,20,22). The van der Waals surface area contributed by atoms with Crippen LogP contribution in [-0.4, -0.2) is 24.4 Å². The van der Waals surface area contributed by atoms with E-state index in [1.807, 2.05) is 35.0 Å². The molecule has 3 heterocycles. The molecular formula is C19H15NO4S2. The number of hydrogen-bond acceptors (Lipinski definition) is 6. The predicted octanol–water partition coefficient (Wildman–Crippen LogP) is 3.50. The summed E-state index contributed by atoms with van der Waals surface area (Å²) in [6.45, 7) is 0.525. The first kappa shape index (κ1) is 16.8. The highest BCUT2D eigenvalue weighted by molar-refractivity contribution is 7.14. The maximum Gasteiger partial charge on any atom is 0.264 e. The van der Waals surface area contributed by atoms with Crippen molar-refractivity contribution >= 4 is 34.4 Å². The molecule has 4 rings (SSSR count). The lowest BCUT2D eigenvalue weighted by atomic mass is 10.2. The van der Waals surface area contributed by atoms with E-state index in [0.29, 0.717) is 28.5 Å². The van der Waals surface area contributed by atoms with E-state index in [9.17, 15) is 9.59 Å². The third-order valence-electron chi connectivity index (χ3n) is 3.91. The van der Waals surface area contributed by atoms with Crippen molar-refractivity contribution in [1.29, 1.82) is 0 Å². The van der Waals surface area contributed by atoms with E-state index in [2.05, 4.69) is 5.32 Å². The Hall–Kier alpha value is -2.64. The largest absolute Gasteiger partial charge is 0.485 e. The van der Waals surface area contributed by atoms with Crippen LogP contribution in [0.1, 0.15) is 20.1 Å². The van der Waals surface area contributed by atoms with Crippen LogP contribution in [0.15, 0.2) is 53.2 Å². The van der Waals surface area contributed by atoms with E-state index in [4.69, 9.17) is 9.47 Å². The van der Waals surface area contributed by atoms with Crippen molar-refractivity contribution in [3.8, 4) is 11.5 Å². The summed E-state index contributed by atoms with van der Waals surface area (Å²) < 4.78 is 11.2. The van der Waals surface area contributed by atoms with Crippen LogP contribution in [0.2, 0.25) is 0 Å². The summed E-state index contributed by atoms with van der Waals surface area (Å²) in [5.74, 6) is 0.984. The minimum atomic E-state index is -0.684. The summed E-state index contributed by atoms with van der Waals surface area (Å²) in [7, 11) is 0. The van der Waals surface area contributed by atoms with Crippen LogP contribution in [0.3, 0.4) is 0 Å². The van der Waals surface area contributed by atoms with Crippen LogP contribution in [0.5, 0.6) is 11.5 Å². The normalized spacial score (nSPS) is 15.5. The number of ketones is 1. The summed E-state index contributed by atoms with van der Waals surface area (Å²) in [6, 6.07) is 12.7. The van der Waals surface area contributed by atoms with Crippen LogP contribution in [-0.2, 0) is 11.3 Å². The maximum absolute atomic E-state index is 12.3. The van der Waals surface area contributed by atoms with E-state index >= 15 is 0 Å². The van der Waals surface area contributed by atoms with Crippen molar-refractivity contribution in [3.05, 3.63) is 68.5 Å². The van der Waals surface area contributed by atoms with Crippen LogP contribution < -0.4 is 14.8 Å². The molecule has 0 aliphatic carbocycles. The molecule has 1 atom stereocenters. The number of ether oxygens (including phenoxy) is 2. The molecule has 1 N–H and O–H groups in total. The number of amides is 1. The van der Waals surface area contributed by atoms with Crippen molar-refractivity contribution < 1.29 is 19.1 Å². The molecule has 26 heavy (non-hydrogen) atoms. The molecule has 0 spiro atoms. The summed E-state index contributed by atoms with van der Waals surface area (Å²) in [6.07, 6.45) is -0.684. The molecule has 7 heteroatoms. The van der Waals surface area contributed by atoms with Crippen molar-refractivity contribution in [2.45, 2.75) is 12.6 Å². The average molecular weight is 385 g/mol. The lowest BCUT2D eigenvalue weighted by molar-refractivity contribution is -0.130. The minimum Gasteiger partial charge on any atom is -0.485 e. The van der Waals surface area contributed by atoms with Gasteiger partial charge in [0.25, 0.3) is 5.91 Å². The van der Waals surface area contributed by atoms with E-state index in [0.717, 1.165) is 4.88 Å². The Bertz CT molecular complexity index is 933. The van der Waals surface area contributed by atoms with Gasteiger partial charge in [0.05, 0.1) is 11.4 Å². The van der Waals surface area contributed by atoms with Crippen molar-refractivity contribution in [1.82, 2.24) is 5.32 Å². The van der Waals surface area contributed by atoms with E-state index in [1.54, 1.807) is 18.2 Å². The third-order valence-corrected chi connectivity index (χ3v) is 5.67.